The fourth-order valence-electron chi connectivity index (χ4n) is 2.57. The summed E-state index contributed by atoms with van der Waals surface area (Å²) < 4.78 is 16.1. The van der Waals surface area contributed by atoms with Crippen LogP contribution >= 0.6 is 0 Å². The van der Waals surface area contributed by atoms with Gasteiger partial charge < -0.3 is 14.2 Å². The van der Waals surface area contributed by atoms with Crippen LogP contribution in [-0.4, -0.2) is 45.7 Å². The molecule has 3 atom stereocenters. The number of esters is 2. The number of rotatable bonds is 4. The van der Waals surface area contributed by atoms with Gasteiger partial charge in [0, 0.05) is 13.8 Å². The average molecular weight is 331 g/mol. The average Bonchev–Trinajstić information content (AvgIpc) is 3.15. The van der Waals surface area contributed by atoms with Crippen molar-refractivity contribution >= 4 is 11.9 Å². The zero-order valence-corrected chi connectivity index (χ0v) is 13.3. The number of benzene rings is 1. The van der Waals surface area contributed by atoms with Gasteiger partial charge in [0.25, 0.3) is 0 Å². The molecule has 0 spiro atoms. The van der Waals surface area contributed by atoms with Crippen LogP contribution in [0.5, 0.6) is 0 Å². The number of para-hydroxylation sites is 1. The monoisotopic (exact) mass is 331 g/mol. The molecule has 1 aromatic heterocycles. The number of aromatic nitrogens is 3. The fraction of sp³-hybridized carbons (Fsp3) is 0.375. The Kier molecular flexibility index (Phi) is 4.57. The van der Waals surface area contributed by atoms with Gasteiger partial charge in [0.2, 0.25) is 0 Å². The maximum atomic E-state index is 11.4. The first-order valence-corrected chi connectivity index (χ1v) is 7.48. The SMILES string of the molecule is CC(=O)O[C@@H]1[C@@H](c2cnn(-c3ccccc3)n2)OC[C@H]1OC(C)=O. The van der Waals surface area contributed by atoms with E-state index in [0.717, 1.165) is 5.69 Å². The molecular formula is C16H17N3O5. The summed E-state index contributed by atoms with van der Waals surface area (Å²) in [6, 6.07) is 9.38. The van der Waals surface area contributed by atoms with Gasteiger partial charge in [0.1, 0.15) is 11.8 Å². The molecule has 0 amide bonds. The van der Waals surface area contributed by atoms with Gasteiger partial charge in [-0.2, -0.15) is 15.0 Å². The van der Waals surface area contributed by atoms with Crippen LogP contribution in [0, 0.1) is 0 Å². The number of carbonyl (C=O) groups excluding carboxylic acids is 2. The van der Waals surface area contributed by atoms with Crippen LogP contribution in [0.1, 0.15) is 25.6 Å². The number of nitrogens with zero attached hydrogens (tertiary/aromatic N) is 3. The minimum absolute atomic E-state index is 0.125. The van der Waals surface area contributed by atoms with E-state index in [9.17, 15) is 9.59 Å². The zero-order chi connectivity index (χ0) is 17.1. The number of hydrogen-bond acceptors (Lipinski definition) is 7. The van der Waals surface area contributed by atoms with E-state index in [0.29, 0.717) is 5.69 Å². The first-order valence-electron chi connectivity index (χ1n) is 7.48. The maximum Gasteiger partial charge on any atom is 0.303 e. The predicted molar refractivity (Wildman–Crippen MR) is 81.2 cm³/mol. The van der Waals surface area contributed by atoms with Crippen LogP contribution in [0.25, 0.3) is 5.69 Å². The molecule has 0 radical (unpaired) electrons. The molecule has 3 rings (SSSR count). The molecule has 126 valence electrons. The Hall–Kier alpha value is -2.74. The van der Waals surface area contributed by atoms with E-state index in [1.807, 2.05) is 30.3 Å². The highest BCUT2D eigenvalue weighted by atomic mass is 16.6. The Bertz CT molecular complexity index is 730. The van der Waals surface area contributed by atoms with Crippen molar-refractivity contribution in [3.05, 3.63) is 42.2 Å². The van der Waals surface area contributed by atoms with E-state index in [1.54, 1.807) is 6.20 Å². The smallest absolute Gasteiger partial charge is 0.303 e. The van der Waals surface area contributed by atoms with Gasteiger partial charge in [-0.3, -0.25) is 9.59 Å². The maximum absolute atomic E-state index is 11.4. The first kappa shape index (κ1) is 16.1. The summed E-state index contributed by atoms with van der Waals surface area (Å²) in [6.45, 7) is 2.71. The van der Waals surface area contributed by atoms with E-state index in [2.05, 4.69) is 10.2 Å². The van der Waals surface area contributed by atoms with Crippen molar-refractivity contribution < 1.29 is 23.8 Å². The predicted octanol–water partition coefficient (Wildman–Crippen LogP) is 1.20. The summed E-state index contributed by atoms with van der Waals surface area (Å²) in [5.41, 5.74) is 1.29. The van der Waals surface area contributed by atoms with Crippen molar-refractivity contribution in [2.75, 3.05) is 6.61 Å². The summed E-state index contributed by atoms with van der Waals surface area (Å²) >= 11 is 0. The highest BCUT2D eigenvalue weighted by molar-refractivity contribution is 5.67. The molecule has 0 unspecified atom stereocenters. The highest BCUT2D eigenvalue weighted by Crippen LogP contribution is 2.32. The van der Waals surface area contributed by atoms with Crippen molar-refractivity contribution in [2.45, 2.75) is 32.2 Å². The summed E-state index contributed by atoms with van der Waals surface area (Å²) in [5, 5.41) is 8.59. The topological polar surface area (TPSA) is 92.5 Å². The van der Waals surface area contributed by atoms with E-state index in [4.69, 9.17) is 14.2 Å². The lowest BCUT2D eigenvalue weighted by molar-refractivity contribution is -0.163. The molecule has 2 aromatic rings. The zero-order valence-electron chi connectivity index (χ0n) is 13.3. The number of hydrogen-bond donors (Lipinski definition) is 0. The molecular weight excluding hydrogens is 314 g/mol. The van der Waals surface area contributed by atoms with Crippen LogP contribution in [-0.2, 0) is 23.8 Å². The Balaban J connectivity index is 1.83. The molecule has 1 aliphatic rings. The molecule has 2 heterocycles. The lowest BCUT2D eigenvalue weighted by Gasteiger charge is -2.20. The quantitative estimate of drug-likeness (QED) is 0.777. The molecule has 1 aliphatic heterocycles. The Morgan fingerprint density at radius 2 is 1.88 bits per heavy atom. The second-order valence-corrected chi connectivity index (χ2v) is 5.37. The third kappa shape index (κ3) is 3.43. The fourth-order valence-corrected chi connectivity index (χ4v) is 2.57. The lowest BCUT2D eigenvalue weighted by atomic mass is 10.1. The molecule has 1 saturated heterocycles. The van der Waals surface area contributed by atoms with Gasteiger partial charge in [0.05, 0.1) is 18.5 Å². The van der Waals surface area contributed by atoms with Crippen molar-refractivity contribution in [1.29, 1.82) is 0 Å². The van der Waals surface area contributed by atoms with Crippen LogP contribution in [0.3, 0.4) is 0 Å². The van der Waals surface area contributed by atoms with Crippen molar-refractivity contribution in [2.24, 2.45) is 0 Å². The molecule has 8 heteroatoms. The van der Waals surface area contributed by atoms with Crippen molar-refractivity contribution in [3.8, 4) is 5.69 Å². The van der Waals surface area contributed by atoms with Crippen LogP contribution < -0.4 is 0 Å². The molecule has 0 bridgehead atoms. The van der Waals surface area contributed by atoms with Crippen LogP contribution in [0.15, 0.2) is 36.5 Å². The minimum atomic E-state index is -0.757. The molecule has 8 nitrogen and oxygen atoms in total. The van der Waals surface area contributed by atoms with Crippen LogP contribution in [0.4, 0.5) is 0 Å². The summed E-state index contributed by atoms with van der Waals surface area (Å²) in [6.07, 6.45) is -0.522. The number of carbonyl (C=O) groups is 2. The summed E-state index contributed by atoms with van der Waals surface area (Å²) in [4.78, 5) is 24.0. The standard InChI is InChI=1S/C16H17N3O5/c1-10(20)23-14-9-22-15(16(14)24-11(2)21)13-8-17-19(18-13)12-6-4-3-5-7-12/h3-8,14-16H,9H2,1-2H3/t14-,15-,16+/m1/s1. The molecule has 24 heavy (non-hydrogen) atoms. The van der Waals surface area contributed by atoms with Gasteiger partial charge in [-0.1, -0.05) is 18.2 Å². The molecule has 1 fully saturated rings. The Morgan fingerprint density at radius 1 is 1.17 bits per heavy atom. The van der Waals surface area contributed by atoms with Gasteiger partial charge in [-0.05, 0) is 12.1 Å². The second kappa shape index (κ2) is 6.79. The first-order chi connectivity index (χ1) is 11.5. The third-order valence-electron chi connectivity index (χ3n) is 3.51. The van der Waals surface area contributed by atoms with Crippen molar-refractivity contribution in [3.63, 3.8) is 0 Å². The number of ether oxygens (including phenoxy) is 3. The van der Waals surface area contributed by atoms with Gasteiger partial charge >= 0.3 is 11.9 Å². The van der Waals surface area contributed by atoms with E-state index in [-0.39, 0.29) is 6.61 Å². The van der Waals surface area contributed by atoms with E-state index >= 15 is 0 Å². The van der Waals surface area contributed by atoms with Gasteiger partial charge in [-0.25, -0.2) is 0 Å². The second-order valence-electron chi connectivity index (χ2n) is 5.37. The summed E-state index contributed by atoms with van der Waals surface area (Å²) in [5.74, 6) is -0.947. The van der Waals surface area contributed by atoms with E-state index in [1.165, 1.54) is 18.6 Å². The molecule has 1 aromatic carbocycles. The molecule has 0 aliphatic carbocycles. The van der Waals surface area contributed by atoms with Crippen molar-refractivity contribution in [1.82, 2.24) is 15.0 Å². The Labute approximate surface area is 138 Å². The normalized spacial score (nSPS) is 23.0. The molecule has 0 N–H and O–H groups in total. The Morgan fingerprint density at radius 3 is 2.54 bits per heavy atom. The van der Waals surface area contributed by atoms with Gasteiger partial charge in [0.15, 0.2) is 12.2 Å². The summed E-state index contributed by atoms with van der Waals surface area (Å²) in [7, 11) is 0. The minimum Gasteiger partial charge on any atom is -0.456 e. The third-order valence-corrected chi connectivity index (χ3v) is 3.51. The highest BCUT2D eigenvalue weighted by Gasteiger charge is 2.44. The van der Waals surface area contributed by atoms with E-state index < -0.39 is 30.3 Å². The van der Waals surface area contributed by atoms with Gasteiger partial charge in [-0.15, -0.1) is 0 Å². The van der Waals surface area contributed by atoms with Crippen LogP contribution in [0.2, 0.25) is 0 Å². The largest absolute Gasteiger partial charge is 0.456 e. The molecule has 0 saturated carbocycles. The lowest BCUT2D eigenvalue weighted by Crippen LogP contribution is -2.34.